The highest BCUT2D eigenvalue weighted by Gasteiger charge is 2.06. The Kier molecular flexibility index (Phi) is 4.71. The van der Waals surface area contributed by atoms with Gasteiger partial charge in [0.25, 0.3) is 0 Å². The highest BCUT2D eigenvalue weighted by atomic mass is 79.9. The molecular formula is C10H11BrFNO2. The van der Waals surface area contributed by atoms with Crippen molar-refractivity contribution in [2.75, 3.05) is 7.11 Å². The molecule has 0 unspecified atom stereocenters. The molecule has 5 heteroatoms. The van der Waals surface area contributed by atoms with E-state index in [1.807, 2.05) is 0 Å². The van der Waals surface area contributed by atoms with E-state index in [9.17, 15) is 9.18 Å². The highest BCUT2D eigenvalue weighted by Crippen LogP contribution is 2.16. The zero-order chi connectivity index (χ0) is 11.3. The van der Waals surface area contributed by atoms with Gasteiger partial charge in [-0.1, -0.05) is 22.0 Å². The van der Waals surface area contributed by atoms with Crippen LogP contribution in [0.25, 0.3) is 0 Å². The van der Waals surface area contributed by atoms with E-state index in [1.54, 1.807) is 12.1 Å². The van der Waals surface area contributed by atoms with Crippen molar-refractivity contribution in [3.05, 3.63) is 34.1 Å². The number of hydroxylamine groups is 1. The van der Waals surface area contributed by atoms with Crippen LogP contribution in [0.3, 0.4) is 0 Å². The van der Waals surface area contributed by atoms with Crippen molar-refractivity contribution >= 4 is 21.8 Å². The predicted molar refractivity (Wildman–Crippen MR) is 57.6 cm³/mol. The van der Waals surface area contributed by atoms with E-state index < -0.39 is 0 Å². The molecule has 0 aliphatic heterocycles. The van der Waals surface area contributed by atoms with Crippen molar-refractivity contribution in [1.82, 2.24) is 5.48 Å². The zero-order valence-electron chi connectivity index (χ0n) is 8.22. The quantitative estimate of drug-likeness (QED) is 0.856. The molecule has 0 heterocycles. The lowest BCUT2D eigenvalue weighted by Gasteiger charge is -2.03. The summed E-state index contributed by atoms with van der Waals surface area (Å²) in [5.41, 5.74) is 2.69. The standard InChI is InChI=1S/C10H11BrFNO2/c1-15-13-10(14)5-3-7-2-4-8(11)6-9(7)12/h2,4,6H,3,5H2,1H3,(H,13,14). The molecule has 1 amide bonds. The minimum absolute atomic E-state index is 0.201. The van der Waals surface area contributed by atoms with Crippen LogP contribution in [0.1, 0.15) is 12.0 Å². The summed E-state index contributed by atoms with van der Waals surface area (Å²) >= 11 is 3.16. The summed E-state index contributed by atoms with van der Waals surface area (Å²) in [5.74, 6) is -0.575. The van der Waals surface area contributed by atoms with Gasteiger partial charge in [-0.25, -0.2) is 9.87 Å². The first-order valence-corrected chi connectivity index (χ1v) is 5.18. The molecule has 1 rings (SSSR count). The number of aryl methyl sites for hydroxylation is 1. The van der Waals surface area contributed by atoms with Crippen LogP contribution in [0.5, 0.6) is 0 Å². The first-order valence-electron chi connectivity index (χ1n) is 4.39. The van der Waals surface area contributed by atoms with E-state index in [2.05, 4.69) is 26.2 Å². The number of carbonyl (C=O) groups is 1. The molecule has 0 aliphatic carbocycles. The number of rotatable bonds is 4. The number of amides is 1. The number of hydrogen-bond acceptors (Lipinski definition) is 2. The molecule has 0 aliphatic rings. The fourth-order valence-electron chi connectivity index (χ4n) is 1.14. The SMILES string of the molecule is CONC(=O)CCc1ccc(Br)cc1F. The Balaban J connectivity index is 2.54. The molecule has 3 nitrogen and oxygen atoms in total. The first kappa shape index (κ1) is 12.1. The first-order chi connectivity index (χ1) is 7.13. The fourth-order valence-corrected chi connectivity index (χ4v) is 1.47. The van der Waals surface area contributed by atoms with Crippen molar-refractivity contribution in [1.29, 1.82) is 0 Å². The van der Waals surface area contributed by atoms with Crippen molar-refractivity contribution in [2.24, 2.45) is 0 Å². The summed E-state index contributed by atoms with van der Waals surface area (Å²) in [5, 5.41) is 0. The van der Waals surface area contributed by atoms with Crippen LogP contribution in [0.15, 0.2) is 22.7 Å². The van der Waals surface area contributed by atoms with Crippen LogP contribution in [0.2, 0.25) is 0 Å². The van der Waals surface area contributed by atoms with Gasteiger partial charge in [-0.15, -0.1) is 0 Å². The lowest BCUT2D eigenvalue weighted by molar-refractivity contribution is -0.131. The average Bonchev–Trinajstić information content (AvgIpc) is 2.17. The Bertz CT molecular complexity index is 357. The molecule has 82 valence electrons. The van der Waals surface area contributed by atoms with Crippen molar-refractivity contribution < 1.29 is 14.0 Å². The summed E-state index contributed by atoms with van der Waals surface area (Å²) in [6.07, 6.45) is 0.556. The van der Waals surface area contributed by atoms with Gasteiger partial charge >= 0.3 is 0 Å². The molecule has 0 aromatic heterocycles. The maximum absolute atomic E-state index is 13.3. The molecule has 0 saturated carbocycles. The number of hydrogen-bond donors (Lipinski definition) is 1. The second kappa shape index (κ2) is 5.82. The van der Waals surface area contributed by atoms with Crippen molar-refractivity contribution in [3.63, 3.8) is 0 Å². The van der Waals surface area contributed by atoms with Crippen LogP contribution in [0.4, 0.5) is 4.39 Å². The minimum Gasteiger partial charge on any atom is -0.277 e. The van der Waals surface area contributed by atoms with E-state index in [-0.39, 0.29) is 18.1 Å². The Morgan fingerprint density at radius 3 is 2.93 bits per heavy atom. The Morgan fingerprint density at radius 2 is 2.33 bits per heavy atom. The number of halogens is 2. The van der Waals surface area contributed by atoms with Crippen molar-refractivity contribution in [2.45, 2.75) is 12.8 Å². The van der Waals surface area contributed by atoms with Gasteiger partial charge in [0.2, 0.25) is 5.91 Å². The largest absolute Gasteiger partial charge is 0.277 e. The maximum Gasteiger partial charge on any atom is 0.243 e. The third-order valence-corrected chi connectivity index (χ3v) is 2.35. The van der Waals surface area contributed by atoms with Gasteiger partial charge in [0.1, 0.15) is 5.82 Å². The summed E-state index contributed by atoms with van der Waals surface area (Å²) in [4.78, 5) is 15.5. The fraction of sp³-hybridized carbons (Fsp3) is 0.300. The van der Waals surface area contributed by atoms with E-state index in [4.69, 9.17) is 0 Å². The third-order valence-electron chi connectivity index (χ3n) is 1.85. The van der Waals surface area contributed by atoms with Gasteiger partial charge in [-0.3, -0.25) is 9.63 Å². The van der Waals surface area contributed by atoms with Gasteiger partial charge in [-0.05, 0) is 24.1 Å². The number of nitrogens with one attached hydrogen (secondary N) is 1. The highest BCUT2D eigenvalue weighted by molar-refractivity contribution is 9.10. The third kappa shape index (κ3) is 3.97. The lowest BCUT2D eigenvalue weighted by Crippen LogP contribution is -2.22. The van der Waals surface area contributed by atoms with Gasteiger partial charge in [0.15, 0.2) is 0 Å². The molecule has 0 fully saturated rings. The molecule has 0 spiro atoms. The van der Waals surface area contributed by atoms with Crippen LogP contribution in [0, 0.1) is 5.82 Å². The monoisotopic (exact) mass is 275 g/mol. The second-order valence-corrected chi connectivity index (χ2v) is 3.88. The summed E-state index contributed by atoms with van der Waals surface area (Å²) in [7, 11) is 1.36. The van der Waals surface area contributed by atoms with Gasteiger partial charge in [0, 0.05) is 10.9 Å². The molecule has 1 aromatic carbocycles. The Labute approximate surface area is 95.7 Å². The molecule has 0 radical (unpaired) electrons. The predicted octanol–water partition coefficient (Wildman–Crippen LogP) is 2.20. The maximum atomic E-state index is 13.3. The Morgan fingerprint density at radius 1 is 1.60 bits per heavy atom. The molecule has 0 bridgehead atoms. The second-order valence-electron chi connectivity index (χ2n) is 2.97. The van der Waals surface area contributed by atoms with E-state index in [1.165, 1.54) is 13.2 Å². The molecule has 15 heavy (non-hydrogen) atoms. The molecular weight excluding hydrogens is 265 g/mol. The van der Waals surface area contributed by atoms with Gasteiger partial charge in [0.05, 0.1) is 7.11 Å². The average molecular weight is 276 g/mol. The van der Waals surface area contributed by atoms with Crippen LogP contribution in [-0.2, 0) is 16.1 Å². The topological polar surface area (TPSA) is 38.3 Å². The van der Waals surface area contributed by atoms with Crippen LogP contribution >= 0.6 is 15.9 Å². The summed E-state index contributed by atoms with van der Waals surface area (Å²) in [6, 6.07) is 4.77. The zero-order valence-corrected chi connectivity index (χ0v) is 9.80. The van der Waals surface area contributed by atoms with Crippen molar-refractivity contribution in [3.8, 4) is 0 Å². The Hall–Kier alpha value is -0.940. The number of benzene rings is 1. The van der Waals surface area contributed by atoms with Crippen LogP contribution in [-0.4, -0.2) is 13.0 Å². The van der Waals surface area contributed by atoms with Gasteiger partial charge in [-0.2, -0.15) is 0 Å². The normalized spacial score (nSPS) is 10.1. The molecule has 1 N–H and O–H groups in total. The molecule has 0 atom stereocenters. The van der Waals surface area contributed by atoms with Crippen LogP contribution < -0.4 is 5.48 Å². The molecule has 0 saturated heterocycles. The molecule has 1 aromatic rings. The minimum atomic E-state index is -0.311. The van der Waals surface area contributed by atoms with E-state index >= 15 is 0 Å². The summed E-state index contributed by atoms with van der Waals surface area (Å²) < 4.78 is 14.0. The summed E-state index contributed by atoms with van der Waals surface area (Å²) in [6.45, 7) is 0. The van der Waals surface area contributed by atoms with E-state index in [0.29, 0.717) is 16.5 Å². The van der Waals surface area contributed by atoms with E-state index in [0.717, 1.165) is 0 Å². The smallest absolute Gasteiger partial charge is 0.243 e. The van der Waals surface area contributed by atoms with Gasteiger partial charge < -0.3 is 0 Å². The lowest BCUT2D eigenvalue weighted by atomic mass is 10.1. The number of carbonyl (C=O) groups excluding carboxylic acids is 1.